The van der Waals surface area contributed by atoms with Gasteiger partial charge in [-0.1, -0.05) is 5.16 Å². The van der Waals surface area contributed by atoms with E-state index in [1.807, 2.05) is 6.07 Å². The van der Waals surface area contributed by atoms with E-state index < -0.39 is 0 Å². The van der Waals surface area contributed by atoms with Crippen molar-refractivity contribution in [1.82, 2.24) is 10.5 Å². The third-order valence-electron chi connectivity index (χ3n) is 2.55. The molecule has 1 fully saturated rings. The van der Waals surface area contributed by atoms with Gasteiger partial charge in [0.25, 0.3) is 0 Å². The van der Waals surface area contributed by atoms with Crippen LogP contribution in [0, 0.1) is 5.92 Å². The quantitative estimate of drug-likeness (QED) is 0.724. The van der Waals surface area contributed by atoms with Gasteiger partial charge in [-0.3, -0.25) is 0 Å². The van der Waals surface area contributed by atoms with Gasteiger partial charge in [-0.2, -0.15) is 0 Å². The molecule has 0 aliphatic carbocycles. The van der Waals surface area contributed by atoms with Gasteiger partial charge in [0.1, 0.15) is 0 Å². The highest BCUT2D eigenvalue weighted by atomic mass is 16.5. The van der Waals surface area contributed by atoms with E-state index in [1.165, 1.54) is 12.8 Å². The van der Waals surface area contributed by atoms with Crippen LogP contribution in [-0.2, 0) is 6.42 Å². The van der Waals surface area contributed by atoms with Crippen LogP contribution < -0.4 is 11.1 Å². The van der Waals surface area contributed by atoms with Gasteiger partial charge in [-0.05, 0) is 38.3 Å². The van der Waals surface area contributed by atoms with Crippen LogP contribution in [0.1, 0.15) is 18.5 Å². The third kappa shape index (κ3) is 2.21. The zero-order chi connectivity index (χ0) is 9.10. The summed E-state index contributed by atoms with van der Waals surface area (Å²) in [7, 11) is 0. The number of rotatable bonds is 3. The lowest BCUT2D eigenvalue weighted by Gasteiger charge is -2.04. The molecule has 0 saturated carbocycles. The molecule has 1 saturated heterocycles. The zero-order valence-electron chi connectivity index (χ0n) is 7.62. The molecule has 3 N–H and O–H groups in total. The summed E-state index contributed by atoms with van der Waals surface area (Å²) in [5.74, 6) is 1.22. The first-order valence-electron chi connectivity index (χ1n) is 4.76. The largest absolute Gasteiger partial charge is 0.368 e. The van der Waals surface area contributed by atoms with E-state index in [0.29, 0.717) is 5.88 Å². The molecule has 1 unspecified atom stereocenters. The molecule has 1 aromatic heterocycles. The van der Waals surface area contributed by atoms with Gasteiger partial charge in [0.2, 0.25) is 5.88 Å². The predicted octanol–water partition coefficient (Wildman–Crippen LogP) is 0.799. The van der Waals surface area contributed by atoms with Crippen LogP contribution in [0.5, 0.6) is 0 Å². The Kier molecular flexibility index (Phi) is 2.49. The minimum absolute atomic E-state index is 0.416. The molecule has 1 aliphatic heterocycles. The van der Waals surface area contributed by atoms with E-state index in [1.54, 1.807) is 0 Å². The van der Waals surface area contributed by atoms with Crippen molar-refractivity contribution in [1.29, 1.82) is 0 Å². The van der Waals surface area contributed by atoms with E-state index in [2.05, 4.69) is 10.5 Å². The number of nitrogens with two attached hydrogens (primary N) is 1. The van der Waals surface area contributed by atoms with Crippen molar-refractivity contribution in [3.8, 4) is 0 Å². The predicted molar refractivity (Wildman–Crippen MR) is 50.2 cm³/mol. The van der Waals surface area contributed by atoms with Gasteiger partial charge in [0.05, 0.1) is 5.69 Å². The number of hydrogen-bond donors (Lipinski definition) is 2. The normalized spacial score (nSPS) is 22.3. The van der Waals surface area contributed by atoms with Crippen LogP contribution in [0.3, 0.4) is 0 Å². The van der Waals surface area contributed by atoms with Crippen molar-refractivity contribution in [3.05, 3.63) is 11.8 Å². The third-order valence-corrected chi connectivity index (χ3v) is 2.55. The number of nitrogens with one attached hydrogen (secondary N) is 1. The first-order valence-corrected chi connectivity index (χ1v) is 4.76. The molecule has 0 amide bonds. The Labute approximate surface area is 77.5 Å². The van der Waals surface area contributed by atoms with Crippen molar-refractivity contribution in [3.63, 3.8) is 0 Å². The Morgan fingerprint density at radius 2 is 2.62 bits per heavy atom. The fourth-order valence-electron chi connectivity index (χ4n) is 1.76. The molecule has 2 rings (SSSR count). The fourth-order valence-corrected chi connectivity index (χ4v) is 1.76. The Morgan fingerprint density at radius 3 is 3.23 bits per heavy atom. The molecule has 0 spiro atoms. The van der Waals surface area contributed by atoms with Crippen LogP contribution in [0.4, 0.5) is 5.88 Å². The molecule has 1 aromatic rings. The number of hydrogen-bond acceptors (Lipinski definition) is 4. The fraction of sp³-hybridized carbons (Fsp3) is 0.667. The van der Waals surface area contributed by atoms with E-state index in [9.17, 15) is 0 Å². The molecule has 1 aliphatic rings. The van der Waals surface area contributed by atoms with E-state index in [-0.39, 0.29) is 0 Å². The molecular formula is C9H15N3O. The second-order valence-electron chi connectivity index (χ2n) is 3.62. The van der Waals surface area contributed by atoms with Crippen molar-refractivity contribution in [2.24, 2.45) is 5.92 Å². The lowest BCUT2D eigenvalue weighted by atomic mass is 10.0. The summed E-state index contributed by atoms with van der Waals surface area (Å²) in [6.07, 6.45) is 3.44. The first-order chi connectivity index (χ1) is 6.34. The highest BCUT2D eigenvalue weighted by Crippen LogP contribution is 2.16. The maximum atomic E-state index is 5.42. The summed E-state index contributed by atoms with van der Waals surface area (Å²) < 4.78 is 4.79. The lowest BCUT2D eigenvalue weighted by Crippen LogP contribution is -2.09. The smallest absolute Gasteiger partial charge is 0.222 e. The summed E-state index contributed by atoms with van der Waals surface area (Å²) in [4.78, 5) is 0. The van der Waals surface area contributed by atoms with Gasteiger partial charge in [-0.25, -0.2) is 0 Å². The number of nitrogens with zero attached hydrogens (tertiary/aromatic N) is 1. The highest BCUT2D eigenvalue weighted by Gasteiger charge is 2.14. The average Bonchev–Trinajstić information content (AvgIpc) is 2.71. The van der Waals surface area contributed by atoms with Gasteiger partial charge in [0, 0.05) is 6.07 Å². The number of anilines is 1. The average molecular weight is 181 g/mol. The molecule has 0 aromatic carbocycles. The van der Waals surface area contributed by atoms with Crippen LogP contribution in [-0.4, -0.2) is 18.2 Å². The van der Waals surface area contributed by atoms with Crippen molar-refractivity contribution >= 4 is 5.88 Å². The van der Waals surface area contributed by atoms with E-state index >= 15 is 0 Å². The standard InChI is InChI=1S/C9H15N3O/c10-9-5-8(12-13-9)2-1-7-3-4-11-6-7/h5,7,11H,1-4,6,10H2. The number of aryl methyl sites for hydroxylation is 1. The summed E-state index contributed by atoms with van der Waals surface area (Å²) in [6, 6.07) is 1.81. The van der Waals surface area contributed by atoms with E-state index in [0.717, 1.165) is 31.1 Å². The zero-order valence-corrected chi connectivity index (χ0v) is 7.62. The van der Waals surface area contributed by atoms with Crippen LogP contribution in [0.15, 0.2) is 10.6 Å². The molecule has 0 bridgehead atoms. The van der Waals surface area contributed by atoms with Gasteiger partial charge < -0.3 is 15.6 Å². The Morgan fingerprint density at radius 1 is 1.69 bits per heavy atom. The summed E-state index contributed by atoms with van der Waals surface area (Å²) >= 11 is 0. The Balaban J connectivity index is 1.78. The lowest BCUT2D eigenvalue weighted by molar-refractivity contribution is 0.421. The molecule has 4 nitrogen and oxygen atoms in total. The molecular weight excluding hydrogens is 166 g/mol. The van der Waals surface area contributed by atoms with Crippen molar-refractivity contribution in [2.45, 2.75) is 19.3 Å². The number of nitrogen functional groups attached to an aromatic ring is 1. The Hall–Kier alpha value is -1.03. The van der Waals surface area contributed by atoms with E-state index in [4.69, 9.17) is 10.3 Å². The van der Waals surface area contributed by atoms with Crippen LogP contribution in [0.2, 0.25) is 0 Å². The molecule has 1 atom stereocenters. The maximum Gasteiger partial charge on any atom is 0.222 e. The van der Waals surface area contributed by atoms with Gasteiger partial charge in [-0.15, -0.1) is 0 Å². The molecule has 0 radical (unpaired) electrons. The van der Waals surface area contributed by atoms with Gasteiger partial charge in [0.15, 0.2) is 0 Å². The van der Waals surface area contributed by atoms with Gasteiger partial charge >= 0.3 is 0 Å². The molecule has 72 valence electrons. The number of aromatic nitrogens is 1. The monoisotopic (exact) mass is 181 g/mol. The molecule has 13 heavy (non-hydrogen) atoms. The minimum atomic E-state index is 0.416. The molecule has 2 heterocycles. The topological polar surface area (TPSA) is 64.1 Å². The minimum Gasteiger partial charge on any atom is -0.368 e. The van der Waals surface area contributed by atoms with Crippen molar-refractivity contribution < 1.29 is 4.52 Å². The summed E-state index contributed by atoms with van der Waals surface area (Å²) in [6.45, 7) is 2.30. The summed E-state index contributed by atoms with van der Waals surface area (Å²) in [5.41, 5.74) is 6.40. The van der Waals surface area contributed by atoms with Crippen LogP contribution in [0.25, 0.3) is 0 Å². The van der Waals surface area contributed by atoms with Crippen molar-refractivity contribution in [2.75, 3.05) is 18.8 Å². The maximum absolute atomic E-state index is 5.42. The first kappa shape index (κ1) is 8.56. The van der Waals surface area contributed by atoms with Crippen LogP contribution >= 0.6 is 0 Å². The highest BCUT2D eigenvalue weighted by molar-refractivity contribution is 5.24. The second-order valence-corrected chi connectivity index (χ2v) is 3.62. The Bertz CT molecular complexity index is 266. The second kappa shape index (κ2) is 3.79. The molecule has 4 heteroatoms. The SMILES string of the molecule is Nc1cc(CCC2CCNC2)no1. The summed E-state index contributed by atoms with van der Waals surface area (Å²) in [5, 5.41) is 7.20.